The molecule has 112 valence electrons. The van der Waals surface area contributed by atoms with Gasteiger partial charge in [0.25, 0.3) is 0 Å². The minimum absolute atomic E-state index is 0.282. The normalized spacial score (nSPS) is 14.7. The van der Waals surface area contributed by atoms with Gasteiger partial charge in [0.1, 0.15) is 16.8 Å². The van der Waals surface area contributed by atoms with Gasteiger partial charge in [0, 0.05) is 24.1 Å². The summed E-state index contributed by atoms with van der Waals surface area (Å²) in [5, 5.41) is 4.91. The summed E-state index contributed by atoms with van der Waals surface area (Å²) in [6.07, 6.45) is 2.48. The SMILES string of the molecule is Cc1c(Cl)nc(C(C)C)nc1N(Cc1ccsc1)C1CC1. The van der Waals surface area contributed by atoms with E-state index < -0.39 is 0 Å². The van der Waals surface area contributed by atoms with Crippen LogP contribution < -0.4 is 4.90 Å². The quantitative estimate of drug-likeness (QED) is 0.741. The molecule has 0 amide bonds. The maximum absolute atomic E-state index is 6.34. The molecule has 1 aliphatic carbocycles. The molecule has 3 nitrogen and oxygen atoms in total. The van der Waals surface area contributed by atoms with Crippen molar-refractivity contribution in [1.29, 1.82) is 0 Å². The number of hydrogen-bond acceptors (Lipinski definition) is 4. The van der Waals surface area contributed by atoms with E-state index in [1.165, 1.54) is 18.4 Å². The van der Waals surface area contributed by atoms with E-state index in [-0.39, 0.29) is 5.92 Å². The van der Waals surface area contributed by atoms with E-state index >= 15 is 0 Å². The summed E-state index contributed by atoms with van der Waals surface area (Å²) in [4.78, 5) is 11.6. The second kappa shape index (κ2) is 5.93. The van der Waals surface area contributed by atoms with Crippen molar-refractivity contribution in [2.45, 2.75) is 52.1 Å². The molecule has 0 N–H and O–H groups in total. The van der Waals surface area contributed by atoms with E-state index in [2.05, 4.69) is 40.6 Å². The highest BCUT2D eigenvalue weighted by atomic mass is 35.5. The lowest BCUT2D eigenvalue weighted by molar-refractivity contribution is 0.730. The molecule has 2 heterocycles. The average molecular weight is 322 g/mol. The molecule has 1 fully saturated rings. The second-order valence-electron chi connectivity index (χ2n) is 5.97. The Balaban J connectivity index is 1.98. The molecular weight excluding hydrogens is 302 g/mol. The molecule has 5 heteroatoms. The van der Waals surface area contributed by atoms with E-state index in [4.69, 9.17) is 16.6 Å². The molecule has 0 radical (unpaired) electrons. The maximum atomic E-state index is 6.34. The van der Waals surface area contributed by atoms with Crippen LogP contribution in [-0.2, 0) is 6.54 Å². The summed E-state index contributed by atoms with van der Waals surface area (Å²) in [7, 11) is 0. The molecule has 1 aliphatic rings. The van der Waals surface area contributed by atoms with E-state index in [0.717, 1.165) is 23.8 Å². The van der Waals surface area contributed by atoms with Gasteiger partial charge in [0.2, 0.25) is 0 Å². The van der Waals surface area contributed by atoms with Crippen molar-refractivity contribution in [3.8, 4) is 0 Å². The molecule has 2 aromatic rings. The van der Waals surface area contributed by atoms with Crippen molar-refractivity contribution >= 4 is 28.8 Å². The Morgan fingerprint density at radius 3 is 2.71 bits per heavy atom. The van der Waals surface area contributed by atoms with Crippen molar-refractivity contribution < 1.29 is 0 Å². The standard InChI is InChI=1S/C16H20ClN3S/c1-10(2)15-18-14(17)11(3)16(19-15)20(13-4-5-13)8-12-6-7-21-9-12/h6-7,9-10,13H,4-5,8H2,1-3H3. The molecule has 0 aliphatic heterocycles. The highest BCUT2D eigenvalue weighted by molar-refractivity contribution is 7.07. The Labute approximate surface area is 135 Å². The minimum atomic E-state index is 0.282. The summed E-state index contributed by atoms with van der Waals surface area (Å²) in [6, 6.07) is 2.77. The van der Waals surface area contributed by atoms with E-state index in [9.17, 15) is 0 Å². The molecule has 0 spiro atoms. The summed E-state index contributed by atoms with van der Waals surface area (Å²) >= 11 is 8.08. The third-order valence-electron chi connectivity index (χ3n) is 3.79. The van der Waals surface area contributed by atoms with Gasteiger partial charge in [-0.1, -0.05) is 25.4 Å². The molecule has 21 heavy (non-hydrogen) atoms. The van der Waals surface area contributed by atoms with Crippen LogP contribution in [0.2, 0.25) is 5.15 Å². The predicted octanol–water partition coefficient (Wildman–Crippen LogP) is 4.79. The average Bonchev–Trinajstić information content (AvgIpc) is 3.16. The summed E-state index contributed by atoms with van der Waals surface area (Å²) in [5.41, 5.74) is 2.33. The monoisotopic (exact) mass is 321 g/mol. The fraction of sp³-hybridized carbons (Fsp3) is 0.500. The Morgan fingerprint density at radius 1 is 1.38 bits per heavy atom. The third kappa shape index (κ3) is 3.22. The van der Waals surface area contributed by atoms with Crippen molar-refractivity contribution in [2.75, 3.05) is 4.90 Å². The number of rotatable bonds is 5. The van der Waals surface area contributed by atoms with E-state index in [1.807, 2.05) is 6.92 Å². The van der Waals surface area contributed by atoms with Gasteiger partial charge in [-0.05, 0) is 42.2 Å². The highest BCUT2D eigenvalue weighted by Crippen LogP contribution is 2.36. The first-order chi connectivity index (χ1) is 10.1. The highest BCUT2D eigenvalue weighted by Gasteiger charge is 2.32. The van der Waals surface area contributed by atoms with Gasteiger partial charge in [-0.15, -0.1) is 0 Å². The Bertz CT molecular complexity index is 621. The maximum Gasteiger partial charge on any atom is 0.137 e. The van der Waals surface area contributed by atoms with Crippen LogP contribution in [0.3, 0.4) is 0 Å². The van der Waals surface area contributed by atoms with Crippen molar-refractivity contribution in [2.24, 2.45) is 0 Å². The molecule has 0 atom stereocenters. The Kier molecular flexibility index (Phi) is 4.18. The molecule has 3 rings (SSSR count). The number of nitrogens with zero attached hydrogens (tertiary/aromatic N) is 3. The predicted molar refractivity (Wildman–Crippen MR) is 89.4 cm³/mol. The molecule has 0 unspecified atom stereocenters. The van der Waals surface area contributed by atoms with Crippen LogP contribution in [0.1, 0.15) is 49.6 Å². The van der Waals surface area contributed by atoms with Crippen molar-refractivity contribution in [3.05, 3.63) is 38.9 Å². The fourth-order valence-electron chi connectivity index (χ4n) is 2.37. The largest absolute Gasteiger partial charge is 0.349 e. The first-order valence-electron chi connectivity index (χ1n) is 7.38. The zero-order valence-corrected chi connectivity index (χ0v) is 14.2. The number of thiophene rings is 1. The summed E-state index contributed by atoms with van der Waals surface area (Å²) < 4.78 is 0. The lowest BCUT2D eigenvalue weighted by atomic mass is 10.2. The van der Waals surface area contributed by atoms with Crippen LogP contribution in [0.15, 0.2) is 16.8 Å². The Morgan fingerprint density at radius 2 is 2.14 bits per heavy atom. The van der Waals surface area contributed by atoms with Crippen LogP contribution >= 0.6 is 22.9 Å². The van der Waals surface area contributed by atoms with Crippen molar-refractivity contribution in [1.82, 2.24) is 9.97 Å². The Hall–Kier alpha value is -1.13. The van der Waals surface area contributed by atoms with Crippen LogP contribution in [-0.4, -0.2) is 16.0 Å². The van der Waals surface area contributed by atoms with Gasteiger partial charge < -0.3 is 4.90 Å². The molecule has 1 saturated carbocycles. The van der Waals surface area contributed by atoms with Gasteiger partial charge in [-0.2, -0.15) is 11.3 Å². The van der Waals surface area contributed by atoms with Crippen LogP contribution in [0.25, 0.3) is 0 Å². The summed E-state index contributed by atoms with van der Waals surface area (Å²) in [5.74, 6) is 2.12. The molecule has 0 aromatic carbocycles. The van der Waals surface area contributed by atoms with E-state index in [1.54, 1.807) is 11.3 Å². The van der Waals surface area contributed by atoms with Gasteiger partial charge in [0.05, 0.1) is 0 Å². The molecular formula is C16H20ClN3S. The number of halogens is 1. The number of aromatic nitrogens is 2. The van der Waals surface area contributed by atoms with E-state index in [0.29, 0.717) is 11.2 Å². The summed E-state index contributed by atoms with van der Waals surface area (Å²) in [6.45, 7) is 7.13. The lowest BCUT2D eigenvalue weighted by Crippen LogP contribution is -2.27. The van der Waals surface area contributed by atoms with Crippen molar-refractivity contribution in [3.63, 3.8) is 0 Å². The zero-order valence-electron chi connectivity index (χ0n) is 12.6. The fourth-order valence-corrected chi connectivity index (χ4v) is 3.21. The molecule has 2 aromatic heterocycles. The van der Waals surface area contributed by atoms with Gasteiger partial charge in [-0.3, -0.25) is 0 Å². The minimum Gasteiger partial charge on any atom is -0.349 e. The van der Waals surface area contributed by atoms with Crippen LogP contribution in [0.4, 0.5) is 5.82 Å². The van der Waals surface area contributed by atoms with Gasteiger partial charge >= 0.3 is 0 Å². The van der Waals surface area contributed by atoms with Gasteiger partial charge in [-0.25, -0.2) is 9.97 Å². The number of anilines is 1. The van der Waals surface area contributed by atoms with Crippen LogP contribution in [0.5, 0.6) is 0 Å². The van der Waals surface area contributed by atoms with Gasteiger partial charge in [0.15, 0.2) is 0 Å². The molecule has 0 bridgehead atoms. The smallest absolute Gasteiger partial charge is 0.137 e. The molecule has 0 saturated heterocycles. The number of hydrogen-bond donors (Lipinski definition) is 0. The zero-order chi connectivity index (χ0) is 15.0. The topological polar surface area (TPSA) is 29.0 Å². The first kappa shape index (κ1) is 14.8. The third-order valence-corrected chi connectivity index (χ3v) is 4.89. The lowest BCUT2D eigenvalue weighted by Gasteiger charge is -2.26. The first-order valence-corrected chi connectivity index (χ1v) is 8.70. The van der Waals surface area contributed by atoms with Crippen LogP contribution in [0, 0.1) is 6.92 Å². The second-order valence-corrected chi connectivity index (χ2v) is 7.10.